The number of fused-ring (bicyclic) bond motifs is 5. The van der Waals surface area contributed by atoms with Crippen molar-refractivity contribution >= 4 is 29.7 Å². The van der Waals surface area contributed by atoms with Gasteiger partial charge in [0.05, 0.1) is 5.92 Å². The van der Waals surface area contributed by atoms with Gasteiger partial charge in [0, 0.05) is 31.1 Å². The van der Waals surface area contributed by atoms with E-state index in [9.17, 15) is 24.0 Å². The van der Waals surface area contributed by atoms with Crippen molar-refractivity contribution in [3.63, 3.8) is 0 Å². The van der Waals surface area contributed by atoms with Crippen LogP contribution in [0.5, 0.6) is 0 Å². The van der Waals surface area contributed by atoms with Gasteiger partial charge < -0.3 is 18.9 Å². The summed E-state index contributed by atoms with van der Waals surface area (Å²) < 4.78 is 23.5. The molecule has 3 saturated carbocycles. The summed E-state index contributed by atoms with van der Waals surface area (Å²) in [6, 6.07) is 0. The highest BCUT2D eigenvalue weighted by Gasteiger charge is 2.60. The second kappa shape index (κ2) is 34.8. The molecule has 0 aromatic carbocycles. The number of rotatable bonds is 40. The molecule has 0 radical (unpaired) electrons. The predicted octanol–water partition coefficient (Wildman–Crippen LogP) is 16.8. The monoisotopic (exact) mass is 1010 g/mol. The van der Waals surface area contributed by atoms with Gasteiger partial charge in [-0.15, -0.1) is 0 Å². The Morgan fingerprint density at radius 2 is 1.06 bits per heavy atom. The van der Waals surface area contributed by atoms with Crippen LogP contribution in [-0.4, -0.2) is 55.1 Å². The molecule has 2 unspecified atom stereocenters. The topological polar surface area (TPSA) is 122 Å². The standard InChI is InChI=1S/C63H108O9/c1-7-9-11-13-15-17-19-21-23-25-27-29-31-33-58(65)69-47-53(48-70-59(66)34-32-30-28-26-24-22-20-18-16-14-12-10-8-2)71-60(67)45-49(3)35-36-50(4)61(68)72-57-40-39-55-54-38-37-51-46-52(64)41-43-62(51,5)56(54)42-44-63(55,57)6/h46,49-50,53-57H,7-45,47-48H2,1-6H3/t49?,50?,54-,55-,56-,57-,62-,63-/m0/s1. The summed E-state index contributed by atoms with van der Waals surface area (Å²) in [5.74, 6) is 0.490. The minimum absolute atomic E-state index is 0.0206. The third kappa shape index (κ3) is 21.9. The number of hydrogen-bond acceptors (Lipinski definition) is 9. The number of esters is 4. The molecule has 4 aliphatic carbocycles. The molecule has 72 heavy (non-hydrogen) atoms. The van der Waals surface area contributed by atoms with E-state index in [1.165, 1.54) is 134 Å². The maximum absolute atomic E-state index is 13.6. The Morgan fingerprint density at radius 1 is 0.569 bits per heavy atom. The zero-order valence-electron chi connectivity index (χ0n) is 47.3. The molecule has 0 amide bonds. The zero-order chi connectivity index (χ0) is 52.0. The Labute approximate surface area is 440 Å². The number of ether oxygens (including phenoxy) is 4. The number of allylic oxidation sites excluding steroid dienone is 1. The van der Waals surface area contributed by atoms with E-state index >= 15 is 0 Å². The van der Waals surface area contributed by atoms with Gasteiger partial charge in [-0.1, -0.05) is 201 Å². The summed E-state index contributed by atoms with van der Waals surface area (Å²) in [5, 5.41) is 0. The Hall–Kier alpha value is -2.71. The summed E-state index contributed by atoms with van der Waals surface area (Å²) >= 11 is 0. The molecule has 0 aromatic rings. The molecule has 4 rings (SSSR count). The number of ketones is 1. The normalized spacial score (nSPS) is 24.4. The lowest BCUT2D eigenvalue weighted by atomic mass is 9.47. The second-order valence-corrected chi connectivity index (χ2v) is 24.3. The van der Waals surface area contributed by atoms with Crippen molar-refractivity contribution in [3.8, 4) is 0 Å². The second-order valence-electron chi connectivity index (χ2n) is 24.3. The van der Waals surface area contributed by atoms with Gasteiger partial charge in [-0.25, -0.2) is 0 Å². The molecule has 414 valence electrons. The molecule has 0 heterocycles. The van der Waals surface area contributed by atoms with Crippen LogP contribution in [0.15, 0.2) is 11.6 Å². The van der Waals surface area contributed by atoms with Crippen LogP contribution in [0.1, 0.15) is 292 Å². The van der Waals surface area contributed by atoms with Crippen molar-refractivity contribution in [1.82, 2.24) is 0 Å². The van der Waals surface area contributed by atoms with Crippen LogP contribution < -0.4 is 0 Å². The average molecular weight is 1010 g/mol. The van der Waals surface area contributed by atoms with Gasteiger partial charge in [-0.05, 0) is 106 Å². The molecule has 9 heteroatoms. The van der Waals surface area contributed by atoms with Crippen LogP contribution in [0.4, 0.5) is 0 Å². The van der Waals surface area contributed by atoms with Crippen LogP contribution >= 0.6 is 0 Å². The Kier molecular flexibility index (Phi) is 29.9. The maximum Gasteiger partial charge on any atom is 0.308 e. The largest absolute Gasteiger partial charge is 0.462 e. The Balaban J connectivity index is 1.15. The van der Waals surface area contributed by atoms with Crippen molar-refractivity contribution in [1.29, 1.82) is 0 Å². The Bertz CT molecular complexity index is 1560. The summed E-state index contributed by atoms with van der Waals surface area (Å²) in [6.07, 6.45) is 43.0. The van der Waals surface area contributed by atoms with E-state index in [-0.39, 0.29) is 66.3 Å². The number of hydrogen-bond donors (Lipinski definition) is 0. The molecule has 0 aliphatic heterocycles. The smallest absolute Gasteiger partial charge is 0.308 e. The molecule has 3 fully saturated rings. The van der Waals surface area contributed by atoms with E-state index in [1.54, 1.807) is 0 Å². The van der Waals surface area contributed by atoms with E-state index in [2.05, 4.69) is 27.7 Å². The SMILES string of the molecule is CCCCCCCCCCCCCCCC(=O)OCC(COC(=O)CCCCCCCCCCCCCCC)OC(=O)CC(C)CCC(C)C(=O)O[C@H]1CC[C@H]2[C@@H]3CCC4=CC(=O)CC[C@]4(C)[C@H]3CC[C@]12C. The van der Waals surface area contributed by atoms with Crippen LogP contribution in [0.25, 0.3) is 0 Å². The summed E-state index contributed by atoms with van der Waals surface area (Å²) in [5.41, 5.74) is 1.49. The summed E-state index contributed by atoms with van der Waals surface area (Å²) in [7, 11) is 0. The molecular formula is C63H108O9. The third-order valence-electron chi connectivity index (χ3n) is 18.3. The van der Waals surface area contributed by atoms with Gasteiger partial charge in [-0.2, -0.15) is 0 Å². The molecule has 0 bridgehead atoms. The number of carbonyl (C=O) groups excluding carboxylic acids is 5. The van der Waals surface area contributed by atoms with Gasteiger partial charge in [0.25, 0.3) is 0 Å². The van der Waals surface area contributed by atoms with Crippen LogP contribution in [-0.2, 0) is 42.9 Å². The van der Waals surface area contributed by atoms with E-state index < -0.39 is 12.1 Å². The fourth-order valence-electron chi connectivity index (χ4n) is 13.4. The molecule has 0 aromatic heterocycles. The number of unbranched alkanes of at least 4 members (excludes halogenated alkanes) is 24. The highest BCUT2D eigenvalue weighted by Crippen LogP contribution is 2.65. The zero-order valence-corrected chi connectivity index (χ0v) is 47.3. The first-order chi connectivity index (χ1) is 34.8. The fourth-order valence-corrected chi connectivity index (χ4v) is 13.4. The van der Waals surface area contributed by atoms with Gasteiger partial charge in [0.2, 0.25) is 0 Å². The molecule has 8 atom stereocenters. The minimum Gasteiger partial charge on any atom is -0.462 e. The predicted molar refractivity (Wildman–Crippen MR) is 291 cm³/mol. The minimum atomic E-state index is -0.877. The van der Waals surface area contributed by atoms with Crippen molar-refractivity contribution < 1.29 is 42.9 Å². The van der Waals surface area contributed by atoms with Crippen LogP contribution in [0, 0.1) is 40.4 Å². The molecule has 9 nitrogen and oxygen atoms in total. The first kappa shape index (κ1) is 61.8. The van der Waals surface area contributed by atoms with Crippen LogP contribution in [0.3, 0.4) is 0 Å². The van der Waals surface area contributed by atoms with Crippen LogP contribution in [0.2, 0.25) is 0 Å². The molecule has 4 aliphatic rings. The average Bonchev–Trinajstić information content (AvgIpc) is 3.69. The van der Waals surface area contributed by atoms with E-state index in [0.717, 1.165) is 83.5 Å². The molecule has 0 spiro atoms. The van der Waals surface area contributed by atoms with Crippen molar-refractivity contribution in [2.24, 2.45) is 40.4 Å². The van der Waals surface area contributed by atoms with Gasteiger partial charge in [0.1, 0.15) is 19.3 Å². The van der Waals surface area contributed by atoms with E-state index in [1.807, 2.05) is 19.9 Å². The number of carbonyl (C=O) groups is 5. The highest BCUT2D eigenvalue weighted by atomic mass is 16.6. The van der Waals surface area contributed by atoms with Crippen molar-refractivity contribution in [2.75, 3.05) is 13.2 Å². The van der Waals surface area contributed by atoms with Crippen molar-refractivity contribution in [2.45, 2.75) is 304 Å². The first-order valence-electron chi connectivity index (χ1n) is 30.8. The lowest BCUT2D eigenvalue weighted by Gasteiger charge is -2.57. The molecular weight excluding hydrogens is 901 g/mol. The van der Waals surface area contributed by atoms with Gasteiger partial charge in [-0.3, -0.25) is 24.0 Å². The molecule has 0 N–H and O–H groups in total. The van der Waals surface area contributed by atoms with Gasteiger partial charge in [0.15, 0.2) is 11.9 Å². The summed E-state index contributed by atoms with van der Waals surface area (Å²) in [4.78, 5) is 64.9. The highest BCUT2D eigenvalue weighted by molar-refractivity contribution is 5.91. The maximum atomic E-state index is 13.6. The molecule has 0 saturated heterocycles. The first-order valence-corrected chi connectivity index (χ1v) is 30.8. The quantitative estimate of drug-likeness (QED) is 0.0335. The van der Waals surface area contributed by atoms with E-state index in [4.69, 9.17) is 18.9 Å². The lowest BCUT2D eigenvalue weighted by Crippen LogP contribution is -2.51. The third-order valence-corrected chi connectivity index (χ3v) is 18.3. The Morgan fingerprint density at radius 3 is 1.56 bits per heavy atom. The van der Waals surface area contributed by atoms with Crippen molar-refractivity contribution in [3.05, 3.63) is 11.6 Å². The fraction of sp³-hybridized carbons (Fsp3) is 0.889. The van der Waals surface area contributed by atoms with E-state index in [0.29, 0.717) is 55.6 Å². The van der Waals surface area contributed by atoms with Gasteiger partial charge >= 0.3 is 23.9 Å². The summed E-state index contributed by atoms with van der Waals surface area (Å²) in [6.45, 7) is 12.9. The lowest BCUT2D eigenvalue weighted by molar-refractivity contribution is -0.167.